The molecule has 5 N–H and O–H groups in total. The van der Waals surface area contributed by atoms with Crippen molar-refractivity contribution >= 4 is 102 Å². The number of hydrogen-bond donors (Lipinski definition) is 5. The van der Waals surface area contributed by atoms with Gasteiger partial charge in [0.25, 0.3) is 46.9 Å². The van der Waals surface area contributed by atoms with Crippen molar-refractivity contribution in [2.45, 2.75) is 182 Å². The number of likely N-dealkylation sites (tertiary alicyclic amines) is 6. The number of rotatable bonds is 47. The molecule has 0 aromatic heterocycles. The Hall–Kier alpha value is -4.86. The smallest absolute Gasteiger partial charge is 0.280 e. The van der Waals surface area contributed by atoms with Crippen molar-refractivity contribution in [1.29, 1.82) is 0 Å². The highest BCUT2D eigenvalue weighted by molar-refractivity contribution is 7.71. The summed E-state index contributed by atoms with van der Waals surface area (Å²) in [5.41, 5.74) is 1.49. The fourth-order valence-corrected chi connectivity index (χ4v) is 22.0. The van der Waals surface area contributed by atoms with Crippen LogP contribution in [0, 0.1) is 11.8 Å². The zero-order chi connectivity index (χ0) is 84.4. The minimum Gasteiger partial charge on any atom is -0.756 e. The average molecular weight is 1760 g/mol. The molecule has 16 atom stereocenters. The first-order chi connectivity index (χ1) is 55.0. The number of nitrogens with one attached hydrogen (secondary N) is 4. The molecule has 116 heavy (non-hydrogen) atoms. The van der Waals surface area contributed by atoms with E-state index in [9.17, 15) is 100 Å². The summed E-state index contributed by atoms with van der Waals surface area (Å²) >= 11 is 0. The highest BCUT2D eigenvalue weighted by Gasteiger charge is 2.50. The van der Waals surface area contributed by atoms with Gasteiger partial charge in [-0.15, -0.1) is 0 Å². The predicted molar refractivity (Wildman–Crippen MR) is 393 cm³/mol. The molecule has 7 fully saturated rings. The number of carbonyl (C=O) groups is 8. The number of aliphatic hydroxyl groups is 1. The Bertz CT molecular complexity index is 3880. The van der Waals surface area contributed by atoms with Crippen molar-refractivity contribution in [2.24, 2.45) is 0 Å². The summed E-state index contributed by atoms with van der Waals surface area (Å²) in [4.78, 5) is 194. The first kappa shape index (κ1) is 96.6. The third kappa shape index (κ3) is 30.6. The van der Waals surface area contributed by atoms with Crippen molar-refractivity contribution in [3.8, 4) is 11.8 Å². The maximum absolute atomic E-state index is 14.7. The molecular formula is C66H101BN10O33P6-6. The van der Waals surface area contributed by atoms with Gasteiger partial charge in [-0.1, -0.05) is 36.8 Å². The normalized spacial score (nSPS) is 25.8. The molecule has 50 heteroatoms. The second-order valence-electron chi connectivity index (χ2n) is 28.4. The van der Waals surface area contributed by atoms with Crippen LogP contribution in [0.4, 0.5) is 0 Å². The molecule has 7 aliphatic rings. The topological polar surface area (TPSA) is 576 Å². The van der Waals surface area contributed by atoms with Gasteiger partial charge in [-0.3, -0.25) is 70.6 Å². The van der Waals surface area contributed by atoms with Crippen molar-refractivity contribution in [1.82, 2.24) is 50.7 Å². The number of amides is 8. The zero-order valence-electron chi connectivity index (χ0n) is 64.4. The van der Waals surface area contributed by atoms with E-state index < -0.39 is 126 Å². The molecule has 14 unspecified atom stereocenters. The second kappa shape index (κ2) is 45.9. The Morgan fingerprint density at radius 1 is 0.517 bits per heavy atom. The lowest BCUT2D eigenvalue weighted by molar-refractivity contribution is -0.256. The van der Waals surface area contributed by atoms with Gasteiger partial charge in [0.1, 0.15) is 50.2 Å². The van der Waals surface area contributed by atoms with E-state index >= 15 is 0 Å². The van der Waals surface area contributed by atoms with Crippen LogP contribution in [0.15, 0.2) is 24.3 Å². The second-order valence-corrected chi connectivity index (χ2v) is 37.5. The van der Waals surface area contributed by atoms with Gasteiger partial charge in [0, 0.05) is 70.2 Å². The van der Waals surface area contributed by atoms with Crippen LogP contribution in [0.3, 0.4) is 0 Å². The minimum atomic E-state index is -6.91. The van der Waals surface area contributed by atoms with Crippen molar-refractivity contribution < 1.29 is 154 Å². The number of aliphatic hydroxyl groups excluding tert-OH is 1. The van der Waals surface area contributed by atoms with Gasteiger partial charge in [-0.25, -0.2) is 21.6 Å². The van der Waals surface area contributed by atoms with E-state index in [-0.39, 0.29) is 153 Å². The van der Waals surface area contributed by atoms with Gasteiger partial charge in [-0.05, 0) is 135 Å². The van der Waals surface area contributed by atoms with E-state index in [1.165, 1.54) is 4.90 Å². The quantitative estimate of drug-likeness (QED) is 0.0190. The van der Waals surface area contributed by atoms with Crippen LogP contribution in [-0.2, 0) is 126 Å². The first-order valence-corrected chi connectivity index (χ1v) is 47.2. The Labute approximate surface area is 673 Å². The van der Waals surface area contributed by atoms with Crippen LogP contribution in [0.2, 0.25) is 0 Å². The summed E-state index contributed by atoms with van der Waals surface area (Å²) < 4.78 is 124. The molecule has 0 aliphatic carbocycles. The number of likely N-dealkylation sites (N-methyl/N-ethyl adjacent to an activating group) is 1. The van der Waals surface area contributed by atoms with E-state index in [1.807, 2.05) is 36.2 Å². The lowest BCUT2D eigenvalue weighted by atomic mass is 9.96. The number of phosphoric acid groups is 6. The molecule has 7 heterocycles. The molecule has 0 spiro atoms. The molecule has 652 valence electrons. The number of phosphoric ester groups is 2. The summed E-state index contributed by atoms with van der Waals surface area (Å²) in [6.07, 6.45) is 4.70. The largest absolute Gasteiger partial charge is 0.756 e. The molecular weight excluding hydrogens is 1660 g/mol. The van der Waals surface area contributed by atoms with Crippen molar-refractivity contribution in [3.05, 3.63) is 35.4 Å². The summed E-state index contributed by atoms with van der Waals surface area (Å²) in [5.74, 6) is 3.42. The molecule has 7 saturated heterocycles. The number of benzene rings is 1. The van der Waals surface area contributed by atoms with Gasteiger partial charge in [0.2, 0.25) is 47.3 Å². The van der Waals surface area contributed by atoms with E-state index in [4.69, 9.17) is 31.5 Å². The van der Waals surface area contributed by atoms with Crippen LogP contribution in [0.1, 0.15) is 127 Å². The average Bonchev–Trinajstić information content (AvgIpc) is 1.65. The van der Waals surface area contributed by atoms with Gasteiger partial charge in [-0.2, -0.15) is 0 Å². The Kier molecular flexibility index (Phi) is 38.2. The molecule has 8 rings (SSSR count). The summed E-state index contributed by atoms with van der Waals surface area (Å²) in [5, 5.41) is 21.1. The van der Waals surface area contributed by atoms with Gasteiger partial charge < -0.3 is 113 Å². The minimum absolute atomic E-state index is 0.00797. The lowest BCUT2D eigenvalue weighted by Gasteiger charge is -2.38. The lowest BCUT2D eigenvalue weighted by Crippen LogP contribution is -2.59. The fourth-order valence-electron chi connectivity index (χ4n) is 14.5. The Balaban J connectivity index is 0.663. The Morgan fingerprint density at radius 3 is 1.39 bits per heavy atom. The van der Waals surface area contributed by atoms with Gasteiger partial charge in [0.05, 0.1) is 84.8 Å². The number of hydrogen-bond acceptors (Lipinski definition) is 35. The number of ether oxygens (including phenoxy) is 5. The number of carbonyl (C=O) groups excluding carboxylic acids is 8. The van der Waals surface area contributed by atoms with Crippen molar-refractivity contribution in [2.75, 3.05) is 139 Å². The maximum atomic E-state index is 14.7. The van der Waals surface area contributed by atoms with Crippen LogP contribution in [0.25, 0.3) is 0 Å². The predicted octanol–water partition coefficient (Wildman–Crippen LogP) is -2.85. The SMILES string of the molecule is [B][C@H]1CC(O)[C@@H](COP(=O)([O-])OP(=O)([O-])OP(=O)([O-])OP(=O)([O-])OP(=O)([O-])OP(=O)([O-])OCCCCCCNC(=O)CCOCCOCCOCCOCCNC(=O)C(Cc2ccc(C#CCNC)cc2)NC(=O)C2CCCN2C(=O)C2CCCN2C(=O)C2CCCN2C(=O)C2CCCN2C(=O)C2CCCN2C(=O)C2CCCN2C)O1. The van der Waals surface area contributed by atoms with E-state index in [2.05, 4.69) is 63.7 Å². The summed E-state index contributed by atoms with van der Waals surface area (Å²) in [6.45, 7) is 2.80. The Morgan fingerprint density at radius 2 is 0.931 bits per heavy atom. The van der Waals surface area contributed by atoms with E-state index in [0.717, 1.165) is 30.5 Å². The molecule has 2 radical (unpaired) electrons. The third-order valence-corrected chi connectivity index (χ3v) is 28.8. The molecule has 1 aromatic carbocycles. The molecule has 43 nitrogen and oxygen atoms in total. The third-order valence-electron chi connectivity index (χ3n) is 19.9. The maximum Gasteiger partial charge on any atom is 0.280 e. The molecule has 0 saturated carbocycles. The molecule has 0 bridgehead atoms. The standard InChI is InChI=1S/C66H107BN10O33P6/c1-68-26-7-14-47-21-23-48(24-22-47)44-49(71-61(81)50-15-9-30-73(50)63(83)52-17-11-32-75(52)65(85)54-19-13-34-77(54)66(86)55-20-12-33-76(55)64(84)53-18-10-31-74(53)62(82)51-16-8-29-72(51)2)60(80)70-28-37-100-39-41-102-43-42-101-40-38-99-36-25-59(79)69-27-5-3-4-6-35-103-111(87,88)106-113(91,92)108-115(95,96)110-116(97,98)109-114(93,94)107-112(89,90)104-46-57-56(78)45-58(67)105-57/h21-24,49-58,68,78H,3-6,8-13,15-20,25-46H2,1-2H3,(H,69,79)(H,70,80)(H,71,81)(H,87,88)(H,89,90)(H,91,92)(H,93,94)(H,95,96)(H,97,98)/p-6/t49?,50?,51?,52?,53?,54?,55?,56?,57-,58-/m1/s1. The van der Waals surface area contributed by atoms with Crippen LogP contribution in [0.5, 0.6) is 0 Å². The summed E-state index contributed by atoms with van der Waals surface area (Å²) in [6, 6.07) is 0.836. The van der Waals surface area contributed by atoms with Gasteiger partial charge >= 0.3 is 0 Å². The zero-order valence-corrected chi connectivity index (χ0v) is 69.8. The number of unbranched alkanes of at least 4 members (excludes halogenated alkanes) is 3. The first-order valence-electron chi connectivity index (χ1n) is 38.4. The van der Waals surface area contributed by atoms with Crippen LogP contribution >= 0.6 is 46.9 Å². The van der Waals surface area contributed by atoms with Gasteiger partial charge in [0.15, 0.2) is 0 Å². The number of nitrogens with zero attached hydrogens (tertiary/aromatic N) is 6. The van der Waals surface area contributed by atoms with Crippen LogP contribution < -0.4 is 50.6 Å². The molecule has 7 aliphatic heterocycles. The highest BCUT2D eigenvalue weighted by atomic mass is 31.3. The molecule has 8 amide bonds. The van der Waals surface area contributed by atoms with E-state index in [0.29, 0.717) is 103 Å². The fraction of sp³-hybridized carbons (Fsp3) is 0.758. The van der Waals surface area contributed by atoms with Crippen LogP contribution in [-0.4, -0.2) is 289 Å². The monoisotopic (exact) mass is 1760 g/mol. The van der Waals surface area contributed by atoms with E-state index in [1.54, 1.807) is 26.6 Å². The molecule has 1 aromatic rings. The van der Waals surface area contributed by atoms with Crippen molar-refractivity contribution in [3.63, 3.8) is 0 Å². The summed E-state index contributed by atoms with van der Waals surface area (Å²) in [7, 11) is -30.1. The highest BCUT2D eigenvalue weighted by Crippen LogP contribution is 2.70.